The maximum Gasteiger partial charge on any atom is 0.0155 e. The van der Waals surface area contributed by atoms with E-state index in [0.717, 1.165) is 6.54 Å². The number of rotatable bonds is 2. The van der Waals surface area contributed by atoms with Crippen molar-refractivity contribution in [1.29, 1.82) is 0 Å². The fourth-order valence-electron chi connectivity index (χ4n) is 3.72. The molecule has 3 rings (SSSR count). The molecular weight excluding hydrogens is 196 g/mol. The summed E-state index contributed by atoms with van der Waals surface area (Å²) in [6.45, 7) is 1.12. The monoisotopic (exact) mass is 216 g/mol. The quantitative estimate of drug-likeness (QED) is 0.816. The largest absolute Gasteiger partial charge is 0.327 e. The second-order valence-corrected chi connectivity index (χ2v) is 5.58. The topological polar surface area (TPSA) is 29.3 Å². The highest BCUT2D eigenvalue weighted by Gasteiger charge is 2.48. The van der Waals surface area contributed by atoms with Gasteiger partial charge < -0.3 is 10.6 Å². The Balaban J connectivity index is 1.95. The van der Waals surface area contributed by atoms with E-state index in [9.17, 15) is 0 Å². The smallest absolute Gasteiger partial charge is 0.0155 e. The van der Waals surface area contributed by atoms with Crippen molar-refractivity contribution in [3.8, 4) is 0 Å². The molecule has 2 heteroatoms. The van der Waals surface area contributed by atoms with E-state index in [1.807, 2.05) is 0 Å². The molecule has 0 spiro atoms. The molecule has 2 N–H and O–H groups in total. The number of benzene rings is 1. The van der Waals surface area contributed by atoms with E-state index in [1.165, 1.54) is 12.0 Å². The molecule has 0 heterocycles. The van der Waals surface area contributed by atoms with Gasteiger partial charge in [0.2, 0.25) is 0 Å². The molecule has 0 aliphatic heterocycles. The first-order chi connectivity index (χ1) is 7.68. The highest BCUT2D eigenvalue weighted by Crippen LogP contribution is 2.55. The van der Waals surface area contributed by atoms with E-state index in [0.29, 0.717) is 23.8 Å². The van der Waals surface area contributed by atoms with Crippen LogP contribution in [0.5, 0.6) is 0 Å². The van der Waals surface area contributed by atoms with Crippen molar-refractivity contribution in [1.82, 2.24) is 4.90 Å². The van der Waals surface area contributed by atoms with Gasteiger partial charge in [0.1, 0.15) is 0 Å². The first-order valence-corrected chi connectivity index (χ1v) is 6.17. The van der Waals surface area contributed by atoms with Crippen LogP contribution in [0.4, 0.5) is 0 Å². The fraction of sp³-hybridized carbons (Fsp3) is 0.571. The molecule has 0 aromatic heterocycles. The molecule has 1 aromatic rings. The molecule has 0 amide bonds. The van der Waals surface area contributed by atoms with Gasteiger partial charge in [-0.2, -0.15) is 0 Å². The van der Waals surface area contributed by atoms with E-state index in [1.54, 1.807) is 5.56 Å². The maximum absolute atomic E-state index is 6.40. The average Bonchev–Trinajstić information content (AvgIpc) is 2.77. The molecular formula is C14H20N2. The molecule has 16 heavy (non-hydrogen) atoms. The minimum absolute atomic E-state index is 0.363. The van der Waals surface area contributed by atoms with Gasteiger partial charge in [-0.3, -0.25) is 0 Å². The van der Waals surface area contributed by atoms with Crippen molar-refractivity contribution in [2.24, 2.45) is 11.7 Å². The van der Waals surface area contributed by atoms with Crippen LogP contribution < -0.4 is 5.73 Å². The van der Waals surface area contributed by atoms with Crippen LogP contribution in [0.15, 0.2) is 24.3 Å². The summed E-state index contributed by atoms with van der Waals surface area (Å²) in [7, 11) is 4.29. The molecule has 0 saturated heterocycles. The molecule has 2 aliphatic rings. The van der Waals surface area contributed by atoms with Crippen molar-refractivity contribution < 1.29 is 0 Å². The Hall–Kier alpha value is -0.860. The lowest BCUT2D eigenvalue weighted by atomic mass is 9.80. The van der Waals surface area contributed by atoms with Crippen LogP contribution in [-0.4, -0.2) is 31.6 Å². The molecule has 2 nitrogen and oxygen atoms in total. The minimum atomic E-state index is 0.363. The second kappa shape index (κ2) is 3.57. The summed E-state index contributed by atoms with van der Waals surface area (Å²) in [5.74, 6) is 1.97. The Morgan fingerprint density at radius 2 is 1.81 bits per heavy atom. The first kappa shape index (κ1) is 10.3. The zero-order valence-electron chi connectivity index (χ0n) is 10.1. The number of hydrogen-bond donors (Lipinski definition) is 1. The van der Waals surface area contributed by atoms with Gasteiger partial charge in [0.15, 0.2) is 0 Å². The third-order valence-electron chi connectivity index (χ3n) is 4.35. The molecule has 1 fully saturated rings. The summed E-state index contributed by atoms with van der Waals surface area (Å²) < 4.78 is 0. The predicted octanol–water partition coefficient (Wildman–Crippen LogP) is 1.78. The Labute approximate surface area is 97.4 Å². The Morgan fingerprint density at radius 1 is 1.19 bits per heavy atom. The summed E-state index contributed by atoms with van der Waals surface area (Å²) in [5.41, 5.74) is 9.49. The van der Waals surface area contributed by atoms with Crippen molar-refractivity contribution in [2.75, 3.05) is 20.6 Å². The van der Waals surface area contributed by atoms with Crippen LogP contribution in [0.1, 0.15) is 29.4 Å². The molecule has 4 atom stereocenters. The van der Waals surface area contributed by atoms with Crippen LogP contribution in [0, 0.1) is 5.92 Å². The Morgan fingerprint density at radius 3 is 2.44 bits per heavy atom. The predicted molar refractivity (Wildman–Crippen MR) is 66.6 cm³/mol. The van der Waals surface area contributed by atoms with E-state index in [2.05, 4.69) is 43.3 Å². The van der Waals surface area contributed by atoms with Crippen LogP contribution in [0.3, 0.4) is 0 Å². The van der Waals surface area contributed by atoms with Crippen molar-refractivity contribution in [3.63, 3.8) is 0 Å². The van der Waals surface area contributed by atoms with Crippen molar-refractivity contribution >= 4 is 0 Å². The number of nitrogens with zero attached hydrogens (tertiary/aromatic N) is 1. The molecule has 2 bridgehead atoms. The van der Waals surface area contributed by atoms with Gasteiger partial charge in [0.05, 0.1) is 0 Å². The van der Waals surface area contributed by atoms with Gasteiger partial charge in [-0.15, -0.1) is 0 Å². The van der Waals surface area contributed by atoms with Crippen LogP contribution >= 0.6 is 0 Å². The third kappa shape index (κ3) is 1.33. The van der Waals surface area contributed by atoms with E-state index >= 15 is 0 Å². The zero-order valence-corrected chi connectivity index (χ0v) is 10.1. The standard InChI is InChI=1S/C14H20N2/c1-16(2)8-13-11-7-12(14(13)15)10-6-4-3-5-9(10)11/h3-6,11-14H,7-8,15H2,1-2H3/t11?,12?,13-,14-/m1/s1. The summed E-state index contributed by atoms with van der Waals surface area (Å²) >= 11 is 0. The minimum Gasteiger partial charge on any atom is -0.327 e. The Kier molecular flexibility index (Phi) is 2.30. The summed E-state index contributed by atoms with van der Waals surface area (Å²) in [6, 6.07) is 9.24. The lowest BCUT2D eigenvalue weighted by Gasteiger charge is -2.32. The SMILES string of the molecule is CN(C)C[C@@H]1C2CC(c3ccccc32)[C@H]1N. The lowest BCUT2D eigenvalue weighted by molar-refractivity contribution is 0.282. The Bertz CT molecular complexity index is 399. The third-order valence-corrected chi connectivity index (χ3v) is 4.35. The summed E-state index contributed by atoms with van der Waals surface area (Å²) in [4.78, 5) is 2.27. The van der Waals surface area contributed by atoms with Gasteiger partial charge in [-0.05, 0) is 43.5 Å². The van der Waals surface area contributed by atoms with E-state index < -0.39 is 0 Å². The van der Waals surface area contributed by atoms with Crippen LogP contribution in [-0.2, 0) is 0 Å². The molecule has 2 unspecified atom stereocenters. The second-order valence-electron chi connectivity index (χ2n) is 5.58. The average molecular weight is 216 g/mol. The molecule has 1 saturated carbocycles. The number of hydrogen-bond acceptors (Lipinski definition) is 2. The fourth-order valence-corrected chi connectivity index (χ4v) is 3.72. The normalized spacial score (nSPS) is 35.8. The zero-order chi connectivity index (χ0) is 11.3. The van der Waals surface area contributed by atoms with Gasteiger partial charge in [0, 0.05) is 18.5 Å². The highest BCUT2D eigenvalue weighted by molar-refractivity contribution is 5.44. The molecule has 86 valence electrons. The number of nitrogens with two attached hydrogens (primary N) is 1. The summed E-state index contributed by atoms with van der Waals surface area (Å²) in [6.07, 6.45) is 1.28. The molecule has 1 aromatic carbocycles. The first-order valence-electron chi connectivity index (χ1n) is 6.17. The highest BCUT2D eigenvalue weighted by atomic mass is 15.1. The van der Waals surface area contributed by atoms with Crippen LogP contribution in [0.2, 0.25) is 0 Å². The maximum atomic E-state index is 6.40. The van der Waals surface area contributed by atoms with E-state index in [4.69, 9.17) is 5.73 Å². The molecule has 2 aliphatic carbocycles. The lowest BCUT2D eigenvalue weighted by Crippen LogP contribution is -2.40. The van der Waals surface area contributed by atoms with Gasteiger partial charge in [-0.1, -0.05) is 24.3 Å². The van der Waals surface area contributed by atoms with Gasteiger partial charge in [-0.25, -0.2) is 0 Å². The van der Waals surface area contributed by atoms with Crippen molar-refractivity contribution in [3.05, 3.63) is 35.4 Å². The van der Waals surface area contributed by atoms with Crippen molar-refractivity contribution in [2.45, 2.75) is 24.3 Å². The van der Waals surface area contributed by atoms with Crippen LogP contribution in [0.25, 0.3) is 0 Å². The summed E-state index contributed by atoms with van der Waals surface area (Å²) in [5, 5.41) is 0. The number of fused-ring (bicyclic) bond motifs is 5. The van der Waals surface area contributed by atoms with Gasteiger partial charge >= 0.3 is 0 Å². The molecule has 0 radical (unpaired) electrons. The van der Waals surface area contributed by atoms with Gasteiger partial charge in [0.25, 0.3) is 0 Å². The van der Waals surface area contributed by atoms with E-state index in [-0.39, 0.29) is 0 Å².